The molecule has 0 atom stereocenters. The Morgan fingerprint density at radius 2 is 2.00 bits per heavy atom. The molecule has 0 saturated heterocycles. The van der Waals surface area contributed by atoms with Crippen molar-refractivity contribution in [3.8, 4) is 5.75 Å². The lowest BCUT2D eigenvalue weighted by Crippen LogP contribution is -2.31. The van der Waals surface area contributed by atoms with Gasteiger partial charge in [0.15, 0.2) is 5.16 Å². The molecular weight excluding hydrogens is 302 g/mol. The Morgan fingerprint density at radius 1 is 1.27 bits per heavy atom. The van der Waals surface area contributed by atoms with Crippen LogP contribution in [0.5, 0.6) is 5.75 Å². The first-order chi connectivity index (χ1) is 10.6. The minimum Gasteiger partial charge on any atom is -0.410 e. The van der Waals surface area contributed by atoms with Crippen LogP contribution in [0.15, 0.2) is 35.5 Å². The molecule has 0 aliphatic carbocycles. The molecule has 0 aliphatic heterocycles. The fourth-order valence-corrected chi connectivity index (χ4v) is 1.91. The Balaban J connectivity index is 2.18. The quantitative estimate of drug-likeness (QED) is 0.849. The third kappa shape index (κ3) is 4.08. The molecule has 0 radical (unpaired) electrons. The molecular formula is C14H17N5O2S. The second-order valence-corrected chi connectivity index (χ2v) is 4.99. The number of carbonyl (C=O) groups is 1. The number of thioether (sulfide) groups is 1. The molecule has 2 aromatic rings. The van der Waals surface area contributed by atoms with E-state index in [0.29, 0.717) is 23.4 Å². The van der Waals surface area contributed by atoms with Gasteiger partial charge in [-0.3, -0.25) is 0 Å². The lowest BCUT2D eigenvalue weighted by atomic mass is 10.3. The van der Waals surface area contributed by atoms with E-state index in [0.717, 1.165) is 0 Å². The average Bonchev–Trinajstić information content (AvgIpc) is 2.55. The highest BCUT2D eigenvalue weighted by molar-refractivity contribution is 7.98. The second-order valence-electron chi connectivity index (χ2n) is 4.22. The molecule has 8 heteroatoms. The van der Waals surface area contributed by atoms with Crippen molar-refractivity contribution in [1.82, 2.24) is 15.0 Å². The molecule has 1 amide bonds. The van der Waals surface area contributed by atoms with Crippen LogP contribution in [0, 0.1) is 0 Å². The van der Waals surface area contributed by atoms with Gasteiger partial charge in [0.2, 0.25) is 11.9 Å². The molecule has 2 rings (SSSR count). The predicted molar refractivity (Wildman–Crippen MR) is 86.6 cm³/mol. The first-order valence-corrected chi connectivity index (χ1v) is 7.91. The molecule has 7 nitrogen and oxygen atoms in total. The van der Waals surface area contributed by atoms with Crippen LogP contribution in [-0.4, -0.2) is 40.9 Å². The molecule has 0 fully saturated rings. The van der Waals surface area contributed by atoms with Gasteiger partial charge in [0.1, 0.15) is 5.75 Å². The summed E-state index contributed by atoms with van der Waals surface area (Å²) < 4.78 is 5.26. The van der Waals surface area contributed by atoms with Crippen molar-refractivity contribution in [2.24, 2.45) is 0 Å². The Labute approximate surface area is 133 Å². The number of anilines is 2. The lowest BCUT2D eigenvalue weighted by Gasteiger charge is -2.16. The number of hydrogen-bond donors (Lipinski definition) is 1. The summed E-state index contributed by atoms with van der Waals surface area (Å²) in [6.07, 6.45) is 1.30. The number of rotatable bonds is 5. The van der Waals surface area contributed by atoms with E-state index >= 15 is 0 Å². The number of nitrogens with zero attached hydrogens (tertiary/aromatic N) is 4. The van der Waals surface area contributed by atoms with Gasteiger partial charge in [-0.2, -0.15) is 15.0 Å². The van der Waals surface area contributed by atoms with Crippen molar-refractivity contribution >= 4 is 29.8 Å². The summed E-state index contributed by atoms with van der Waals surface area (Å²) >= 11 is 1.38. The van der Waals surface area contributed by atoms with Crippen LogP contribution in [0.25, 0.3) is 0 Å². The molecule has 0 saturated carbocycles. The Kier molecular flexibility index (Phi) is 5.54. The van der Waals surface area contributed by atoms with Gasteiger partial charge < -0.3 is 10.1 Å². The van der Waals surface area contributed by atoms with Crippen LogP contribution < -0.4 is 15.0 Å². The number of nitrogens with one attached hydrogen (secondary N) is 1. The second kappa shape index (κ2) is 7.60. The number of para-hydroxylation sites is 1. The largest absolute Gasteiger partial charge is 0.421 e. The van der Waals surface area contributed by atoms with Gasteiger partial charge in [0.25, 0.3) is 0 Å². The topological polar surface area (TPSA) is 80.2 Å². The number of amides is 1. The van der Waals surface area contributed by atoms with Crippen LogP contribution in [0.3, 0.4) is 0 Å². The van der Waals surface area contributed by atoms with Crippen LogP contribution in [0.4, 0.5) is 16.7 Å². The van der Waals surface area contributed by atoms with Gasteiger partial charge in [0, 0.05) is 13.6 Å². The number of carbonyl (C=O) groups excluding carboxylic acids is 1. The lowest BCUT2D eigenvalue weighted by molar-refractivity contribution is 0.208. The van der Waals surface area contributed by atoms with Crippen LogP contribution in [-0.2, 0) is 0 Å². The predicted octanol–water partition coefficient (Wildman–Crippen LogP) is 2.66. The van der Waals surface area contributed by atoms with E-state index in [9.17, 15) is 4.79 Å². The third-order valence-corrected chi connectivity index (χ3v) is 3.19. The van der Waals surface area contributed by atoms with Crippen molar-refractivity contribution in [3.05, 3.63) is 30.3 Å². The van der Waals surface area contributed by atoms with E-state index < -0.39 is 6.09 Å². The highest BCUT2D eigenvalue weighted by Crippen LogP contribution is 2.17. The monoisotopic (exact) mass is 319 g/mol. The molecule has 116 valence electrons. The maximum atomic E-state index is 12.2. The molecule has 1 N–H and O–H groups in total. The van der Waals surface area contributed by atoms with Gasteiger partial charge in [-0.05, 0) is 25.3 Å². The Bertz CT molecular complexity index is 638. The van der Waals surface area contributed by atoms with Crippen LogP contribution in [0.2, 0.25) is 0 Å². The zero-order valence-electron chi connectivity index (χ0n) is 12.6. The molecule has 1 aromatic carbocycles. The molecule has 1 heterocycles. The van der Waals surface area contributed by atoms with E-state index in [4.69, 9.17) is 4.74 Å². The molecule has 0 bridgehead atoms. The summed E-state index contributed by atoms with van der Waals surface area (Å²) in [4.78, 5) is 26.1. The minimum atomic E-state index is -0.563. The summed E-state index contributed by atoms with van der Waals surface area (Å²) in [5, 5.41) is 3.54. The van der Waals surface area contributed by atoms with Crippen molar-refractivity contribution in [1.29, 1.82) is 0 Å². The normalized spacial score (nSPS) is 10.1. The average molecular weight is 319 g/mol. The molecule has 0 spiro atoms. The van der Waals surface area contributed by atoms with E-state index in [1.807, 2.05) is 19.2 Å². The maximum Gasteiger partial charge on any atom is 0.421 e. The van der Waals surface area contributed by atoms with Crippen molar-refractivity contribution in [2.75, 3.05) is 30.1 Å². The number of benzene rings is 1. The highest BCUT2D eigenvalue weighted by Gasteiger charge is 2.18. The van der Waals surface area contributed by atoms with E-state index in [1.165, 1.54) is 16.7 Å². The van der Waals surface area contributed by atoms with Gasteiger partial charge in [-0.1, -0.05) is 30.0 Å². The molecule has 22 heavy (non-hydrogen) atoms. The van der Waals surface area contributed by atoms with Gasteiger partial charge >= 0.3 is 6.09 Å². The van der Waals surface area contributed by atoms with Crippen molar-refractivity contribution in [3.63, 3.8) is 0 Å². The third-order valence-electron chi connectivity index (χ3n) is 2.64. The summed E-state index contributed by atoms with van der Waals surface area (Å²) in [6.45, 7) is 2.62. The molecule has 1 aromatic heterocycles. The summed E-state index contributed by atoms with van der Waals surface area (Å²) in [7, 11) is 1.56. The fraction of sp³-hybridized carbons (Fsp3) is 0.286. The minimum absolute atomic E-state index is 0.233. The van der Waals surface area contributed by atoms with E-state index in [2.05, 4.69) is 20.3 Å². The van der Waals surface area contributed by atoms with Crippen molar-refractivity contribution in [2.45, 2.75) is 12.1 Å². The van der Waals surface area contributed by atoms with Crippen molar-refractivity contribution < 1.29 is 9.53 Å². The first kappa shape index (κ1) is 16.0. The summed E-state index contributed by atoms with van der Waals surface area (Å²) in [6, 6.07) is 8.84. The zero-order chi connectivity index (χ0) is 15.9. The summed E-state index contributed by atoms with van der Waals surface area (Å²) in [5.74, 6) is 1.12. The summed E-state index contributed by atoms with van der Waals surface area (Å²) in [5.41, 5.74) is 0. The SMILES string of the molecule is CCNc1nc(SC)nc(N(C)C(=O)Oc2ccccc2)n1. The number of aromatic nitrogens is 3. The standard InChI is InChI=1S/C14H17N5O2S/c1-4-15-11-16-12(18-13(17-11)22-3)19(2)14(20)21-10-8-6-5-7-9-10/h5-9H,4H2,1-3H3,(H,15,16,17,18). The van der Waals surface area contributed by atoms with Crippen LogP contribution in [0.1, 0.15) is 6.92 Å². The molecule has 0 aliphatic rings. The number of hydrogen-bond acceptors (Lipinski definition) is 7. The molecule has 0 unspecified atom stereocenters. The van der Waals surface area contributed by atoms with Gasteiger partial charge in [0.05, 0.1) is 0 Å². The van der Waals surface area contributed by atoms with Gasteiger partial charge in [-0.25, -0.2) is 9.69 Å². The number of ether oxygens (including phenoxy) is 1. The Morgan fingerprint density at radius 3 is 2.64 bits per heavy atom. The Hall–Kier alpha value is -2.35. The maximum absolute atomic E-state index is 12.2. The van der Waals surface area contributed by atoms with E-state index in [-0.39, 0.29) is 5.95 Å². The van der Waals surface area contributed by atoms with Crippen LogP contribution >= 0.6 is 11.8 Å². The van der Waals surface area contributed by atoms with Gasteiger partial charge in [-0.15, -0.1) is 0 Å². The van der Waals surface area contributed by atoms with E-state index in [1.54, 1.807) is 31.3 Å². The highest BCUT2D eigenvalue weighted by atomic mass is 32.2. The smallest absolute Gasteiger partial charge is 0.410 e. The first-order valence-electron chi connectivity index (χ1n) is 6.68. The zero-order valence-corrected chi connectivity index (χ0v) is 13.4. The fourth-order valence-electron chi connectivity index (χ4n) is 1.56.